The molecule has 2 rings (SSSR count). The van der Waals surface area contributed by atoms with Crippen LogP contribution < -0.4 is 5.73 Å². The Kier molecular flexibility index (Phi) is 3.11. The van der Waals surface area contributed by atoms with Crippen molar-refractivity contribution in [2.24, 2.45) is 0 Å². The lowest BCUT2D eigenvalue weighted by Gasteiger charge is -2.22. The fourth-order valence-corrected chi connectivity index (χ4v) is 1.96. The molecular weight excluding hydrogens is 229 g/mol. The highest BCUT2D eigenvalue weighted by Crippen LogP contribution is 2.37. The van der Waals surface area contributed by atoms with E-state index in [9.17, 15) is 4.39 Å². The average molecular weight is 247 g/mol. The molecule has 0 atom stereocenters. The minimum Gasteiger partial charge on any atom is -0.382 e. The van der Waals surface area contributed by atoms with Crippen molar-refractivity contribution in [3.63, 3.8) is 0 Å². The molecule has 0 spiro atoms. The Bertz CT molecular complexity index is 558. The third kappa shape index (κ3) is 2.10. The van der Waals surface area contributed by atoms with E-state index in [1.54, 1.807) is 6.07 Å². The Hall–Kier alpha value is -1.84. The maximum Gasteiger partial charge on any atom is 0.153 e. The van der Waals surface area contributed by atoms with Crippen LogP contribution in [0.1, 0.15) is 32.9 Å². The van der Waals surface area contributed by atoms with E-state index in [4.69, 9.17) is 5.73 Å². The first-order valence-electron chi connectivity index (χ1n) is 6.06. The summed E-state index contributed by atoms with van der Waals surface area (Å²) in [5.41, 5.74) is 8.35. The summed E-state index contributed by atoms with van der Waals surface area (Å²) in [7, 11) is 0. The summed E-state index contributed by atoms with van der Waals surface area (Å²) in [5.74, 6) is 0.144. The lowest BCUT2D eigenvalue weighted by atomic mass is 9.83. The number of rotatable bonds is 3. The highest BCUT2D eigenvalue weighted by atomic mass is 19.1. The van der Waals surface area contributed by atoms with E-state index >= 15 is 0 Å². The molecule has 0 aliphatic carbocycles. The second-order valence-corrected chi connectivity index (χ2v) is 5.11. The van der Waals surface area contributed by atoms with Crippen molar-refractivity contribution in [1.29, 1.82) is 0 Å². The predicted octanol–water partition coefficient (Wildman–Crippen LogP) is 3.49. The minimum absolute atomic E-state index is 0.0771. The van der Waals surface area contributed by atoms with E-state index < -0.39 is 0 Å². The first-order chi connectivity index (χ1) is 8.45. The number of halogens is 1. The van der Waals surface area contributed by atoms with Crippen LogP contribution in [-0.2, 0) is 5.41 Å². The summed E-state index contributed by atoms with van der Waals surface area (Å²) < 4.78 is 13.3. The fourth-order valence-electron chi connectivity index (χ4n) is 1.96. The second-order valence-electron chi connectivity index (χ2n) is 5.11. The van der Waals surface area contributed by atoms with E-state index in [0.717, 1.165) is 23.2 Å². The molecule has 2 aromatic rings. The SMILES string of the molecule is CCC(C)(C)c1[nH]nc(N)c1-c1cccc(F)c1. The zero-order valence-corrected chi connectivity index (χ0v) is 10.9. The first kappa shape index (κ1) is 12.6. The van der Waals surface area contributed by atoms with Crippen molar-refractivity contribution >= 4 is 5.82 Å². The Morgan fingerprint density at radius 2 is 2.11 bits per heavy atom. The number of aromatic nitrogens is 2. The van der Waals surface area contributed by atoms with Gasteiger partial charge in [0.25, 0.3) is 0 Å². The molecule has 18 heavy (non-hydrogen) atoms. The van der Waals surface area contributed by atoms with Crippen molar-refractivity contribution in [3.05, 3.63) is 35.8 Å². The number of nitrogens with zero attached hydrogens (tertiary/aromatic N) is 1. The lowest BCUT2D eigenvalue weighted by molar-refractivity contribution is 0.490. The quantitative estimate of drug-likeness (QED) is 0.872. The monoisotopic (exact) mass is 247 g/mol. The zero-order chi connectivity index (χ0) is 13.3. The van der Waals surface area contributed by atoms with Gasteiger partial charge in [0.05, 0.1) is 5.69 Å². The van der Waals surface area contributed by atoms with Crippen LogP contribution in [0.25, 0.3) is 11.1 Å². The number of hydrogen-bond donors (Lipinski definition) is 2. The molecule has 0 aliphatic rings. The van der Waals surface area contributed by atoms with E-state index in [0.29, 0.717) is 5.82 Å². The smallest absolute Gasteiger partial charge is 0.153 e. The van der Waals surface area contributed by atoms with Crippen LogP contribution in [0.4, 0.5) is 10.2 Å². The van der Waals surface area contributed by atoms with Crippen LogP contribution in [0.15, 0.2) is 24.3 Å². The standard InChI is InChI=1S/C14H18FN3/c1-4-14(2,3)12-11(13(16)18-17-12)9-6-5-7-10(15)8-9/h5-8H,4H2,1-3H3,(H3,16,17,18). The molecule has 0 saturated carbocycles. The Balaban J connectivity index is 2.61. The summed E-state index contributed by atoms with van der Waals surface area (Å²) in [6.07, 6.45) is 0.941. The topological polar surface area (TPSA) is 54.7 Å². The predicted molar refractivity (Wildman–Crippen MR) is 71.7 cm³/mol. The van der Waals surface area contributed by atoms with Gasteiger partial charge in [-0.25, -0.2) is 4.39 Å². The molecule has 0 bridgehead atoms. The number of nitrogen functional groups attached to an aromatic ring is 1. The second kappa shape index (κ2) is 4.44. The van der Waals surface area contributed by atoms with Gasteiger partial charge in [-0.3, -0.25) is 5.10 Å². The van der Waals surface area contributed by atoms with Gasteiger partial charge in [-0.15, -0.1) is 0 Å². The van der Waals surface area contributed by atoms with Crippen molar-refractivity contribution < 1.29 is 4.39 Å². The molecule has 1 heterocycles. The Labute approximate surface area is 106 Å². The number of H-pyrrole nitrogens is 1. The van der Waals surface area contributed by atoms with Gasteiger partial charge in [0, 0.05) is 11.0 Å². The summed E-state index contributed by atoms with van der Waals surface area (Å²) in [4.78, 5) is 0. The third-order valence-corrected chi connectivity index (χ3v) is 3.47. The maximum atomic E-state index is 13.3. The fraction of sp³-hybridized carbons (Fsp3) is 0.357. The first-order valence-corrected chi connectivity index (χ1v) is 6.06. The molecular formula is C14H18FN3. The van der Waals surface area contributed by atoms with Crippen molar-refractivity contribution in [1.82, 2.24) is 10.2 Å². The van der Waals surface area contributed by atoms with Crippen LogP contribution in [0.3, 0.4) is 0 Å². The highest BCUT2D eigenvalue weighted by Gasteiger charge is 2.26. The molecule has 3 N–H and O–H groups in total. The van der Waals surface area contributed by atoms with E-state index in [1.165, 1.54) is 12.1 Å². The molecule has 0 unspecified atom stereocenters. The number of hydrogen-bond acceptors (Lipinski definition) is 2. The molecule has 3 nitrogen and oxygen atoms in total. The number of benzene rings is 1. The molecule has 0 saturated heterocycles. The molecule has 1 aromatic heterocycles. The van der Waals surface area contributed by atoms with E-state index in [1.807, 2.05) is 6.07 Å². The minimum atomic E-state index is -0.270. The Morgan fingerprint density at radius 1 is 1.39 bits per heavy atom. The van der Waals surface area contributed by atoms with Crippen LogP contribution in [0.2, 0.25) is 0 Å². The summed E-state index contributed by atoms with van der Waals surface area (Å²) in [6, 6.07) is 6.43. The average Bonchev–Trinajstić information content (AvgIpc) is 2.72. The highest BCUT2D eigenvalue weighted by molar-refractivity contribution is 5.77. The number of nitrogens with one attached hydrogen (secondary N) is 1. The van der Waals surface area contributed by atoms with Crippen LogP contribution >= 0.6 is 0 Å². The molecule has 0 radical (unpaired) electrons. The van der Waals surface area contributed by atoms with Gasteiger partial charge in [-0.1, -0.05) is 32.9 Å². The maximum absolute atomic E-state index is 13.3. The van der Waals surface area contributed by atoms with Crippen molar-refractivity contribution in [2.45, 2.75) is 32.6 Å². The molecule has 4 heteroatoms. The summed E-state index contributed by atoms with van der Waals surface area (Å²) >= 11 is 0. The van der Waals surface area contributed by atoms with Gasteiger partial charge in [-0.2, -0.15) is 5.10 Å². The van der Waals surface area contributed by atoms with Crippen LogP contribution in [0, 0.1) is 5.82 Å². The van der Waals surface area contributed by atoms with E-state index in [-0.39, 0.29) is 11.2 Å². The Morgan fingerprint density at radius 3 is 2.72 bits per heavy atom. The van der Waals surface area contributed by atoms with Gasteiger partial charge in [0.1, 0.15) is 5.82 Å². The zero-order valence-electron chi connectivity index (χ0n) is 10.9. The van der Waals surface area contributed by atoms with Crippen LogP contribution in [0.5, 0.6) is 0 Å². The van der Waals surface area contributed by atoms with Gasteiger partial charge in [-0.05, 0) is 24.1 Å². The van der Waals surface area contributed by atoms with Crippen LogP contribution in [-0.4, -0.2) is 10.2 Å². The van der Waals surface area contributed by atoms with Gasteiger partial charge in [0.15, 0.2) is 5.82 Å². The van der Waals surface area contributed by atoms with Gasteiger partial charge < -0.3 is 5.73 Å². The number of aromatic amines is 1. The van der Waals surface area contributed by atoms with Gasteiger partial charge >= 0.3 is 0 Å². The van der Waals surface area contributed by atoms with Crippen molar-refractivity contribution in [3.8, 4) is 11.1 Å². The third-order valence-electron chi connectivity index (χ3n) is 3.47. The van der Waals surface area contributed by atoms with Crippen molar-refractivity contribution in [2.75, 3.05) is 5.73 Å². The van der Waals surface area contributed by atoms with Gasteiger partial charge in [0.2, 0.25) is 0 Å². The summed E-state index contributed by atoms with van der Waals surface area (Å²) in [6.45, 7) is 6.33. The summed E-state index contributed by atoms with van der Waals surface area (Å²) in [5, 5.41) is 7.05. The molecule has 96 valence electrons. The molecule has 1 aromatic carbocycles. The molecule has 0 amide bonds. The number of anilines is 1. The molecule has 0 fully saturated rings. The largest absolute Gasteiger partial charge is 0.382 e. The van der Waals surface area contributed by atoms with E-state index in [2.05, 4.69) is 31.0 Å². The number of nitrogens with two attached hydrogens (primary N) is 1. The normalized spacial score (nSPS) is 11.8. The lowest BCUT2D eigenvalue weighted by Crippen LogP contribution is -2.17. The molecule has 0 aliphatic heterocycles.